The van der Waals surface area contributed by atoms with Gasteiger partial charge in [0.2, 0.25) is 5.89 Å². The molecule has 10 heteroatoms. The van der Waals surface area contributed by atoms with Crippen LogP contribution in [-0.4, -0.2) is 32.8 Å². The second-order valence-corrected chi connectivity index (χ2v) is 7.35. The summed E-state index contributed by atoms with van der Waals surface area (Å²) in [5, 5.41) is 11.9. The molecule has 1 aromatic carbocycles. The number of H-pyrrole nitrogens is 1. The van der Waals surface area contributed by atoms with E-state index < -0.39 is 5.91 Å². The zero-order valence-electron chi connectivity index (χ0n) is 18.2. The maximum absolute atomic E-state index is 12.4. The summed E-state index contributed by atoms with van der Waals surface area (Å²) < 4.78 is 10.9. The number of hydrogen-bond donors (Lipinski definition) is 3. The van der Waals surface area contributed by atoms with Crippen molar-refractivity contribution in [2.45, 2.75) is 27.3 Å². The van der Waals surface area contributed by atoms with Crippen LogP contribution >= 0.6 is 0 Å². The molecule has 33 heavy (non-hydrogen) atoms. The van der Waals surface area contributed by atoms with E-state index in [1.165, 1.54) is 19.3 Å². The Balaban J connectivity index is 1.45. The van der Waals surface area contributed by atoms with Crippen LogP contribution in [0, 0.1) is 13.8 Å². The molecule has 3 heterocycles. The summed E-state index contributed by atoms with van der Waals surface area (Å²) in [5.41, 5.74) is 2.61. The van der Waals surface area contributed by atoms with Gasteiger partial charge in [0.1, 0.15) is 28.6 Å². The minimum atomic E-state index is -0.418. The third kappa shape index (κ3) is 4.74. The summed E-state index contributed by atoms with van der Waals surface area (Å²) in [6.07, 6.45) is 1.46. The number of amides is 2. The molecule has 2 amide bonds. The molecule has 10 nitrogen and oxygen atoms in total. The number of carbonyl (C=O) groups is 3. The number of benzene rings is 1. The molecular weight excluding hydrogens is 426 g/mol. The number of nitrogens with zero attached hydrogens (tertiary/aromatic N) is 2. The van der Waals surface area contributed by atoms with Crippen LogP contribution < -0.4 is 10.6 Å². The van der Waals surface area contributed by atoms with Crippen LogP contribution in [0.25, 0.3) is 11.5 Å². The molecular formula is C23H21N5O5. The molecule has 4 rings (SSSR count). The van der Waals surface area contributed by atoms with Crippen molar-refractivity contribution in [1.82, 2.24) is 20.5 Å². The van der Waals surface area contributed by atoms with E-state index in [0.29, 0.717) is 39.9 Å². The molecule has 0 saturated carbocycles. The quantitative estimate of drug-likeness (QED) is 0.367. The van der Waals surface area contributed by atoms with Gasteiger partial charge in [-0.3, -0.25) is 19.5 Å². The first-order valence-corrected chi connectivity index (χ1v) is 10.1. The zero-order chi connectivity index (χ0) is 23.5. The predicted molar refractivity (Wildman–Crippen MR) is 118 cm³/mol. The Labute approximate surface area is 188 Å². The molecule has 0 spiro atoms. The average molecular weight is 447 g/mol. The Morgan fingerprint density at radius 1 is 1.06 bits per heavy atom. The van der Waals surface area contributed by atoms with Crippen LogP contribution in [0.3, 0.4) is 0 Å². The van der Waals surface area contributed by atoms with E-state index in [1.54, 1.807) is 44.2 Å². The lowest BCUT2D eigenvalue weighted by Gasteiger charge is -2.05. The second-order valence-electron chi connectivity index (χ2n) is 7.35. The fraction of sp³-hybridized carbons (Fsp3) is 0.174. The van der Waals surface area contributed by atoms with Gasteiger partial charge in [-0.05, 0) is 44.2 Å². The highest BCUT2D eigenvalue weighted by Crippen LogP contribution is 2.25. The van der Waals surface area contributed by atoms with Gasteiger partial charge < -0.3 is 19.5 Å². The predicted octanol–water partition coefficient (Wildman–Crippen LogP) is 3.66. The smallest absolute Gasteiger partial charge is 0.269 e. The summed E-state index contributed by atoms with van der Waals surface area (Å²) in [7, 11) is 0. The zero-order valence-corrected chi connectivity index (χ0v) is 18.2. The maximum atomic E-state index is 12.4. The summed E-state index contributed by atoms with van der Waals surface area (Å²) in [6.45, 7) is 4.96. The maximum Gasteiger partial charge on any atom is 0.269 e. The molecule has 0 fully saturated rings. The highest BCUT2D eigenvalue weighted by molar-refractivity contribution is 6.05. The normalized spacial score (nSPS) is 10.8. The number of rotatable bonds is 7. The van der Waals surface area contributed by atoms with Crippen molar-refractivity contribution >= 4 is 23.3 Å². The van der Waals surface area contributed by atoms with Gasteiger partial charge >= 0.3 is 0 Å². The monoisotopic (exact) mass is 447 g/mol. The van der Waals surface area contributed by atoms with E-state index in [9.17, 15) is 14.4 Å². The first-order valence-electron chi connectivity index (χ1n) is 10.1. The van der Waals surface area contributed by atoms with E-state index in [-0.39, 0.29) is 29.6 Å². The lowest BCUT2D eigenvalue weighted by molar-refractivity contribution is 0.0944. The lowest BCUT2D eigenvalue weighted by atomic mass is 10.2. The Morgan fingerprint density at radius 3 is 2.58 bits per heavy atom. The SMILES string of the molecule is CC(=O)c1cc(C(=O)NCc2nc(-c3cccc(NC(=O)c4ccoc4C)c3)oc2C)[nH]n1. The molecule has 0 atom stereocenters. The summed E-state index contributed by atoms with van der Waals surface area (Å²) in [4.78, 5) is 40.6. The van der Waals surface area contributed by atoms with Gasteiger partial charge in [-0.15, -0.1) is 0 Å². The fourth-order valence-corrected chi connectivity index (χ4v) is 3.14. The van der Waals surface area contributed by atoms with Crippen LogP contribution in [0.15, 0.2) is 51.5 Å². The van der Waals surface area contributed by atoms with Crippen LogP contribution in [-0.2, 0) is 6.54 Å². The number of furan rings is 1. The van der Waals surface area contributed by atoms with Gasteiger partial charge in [0.05, 0.1) is 18.4 Å². The Morgan fingerprint density at radius 2 is 1.88 bits per heavy atom. The van der Waals surface area contributed by atoms with Crippen molar-refractivity contribution in [2.75, 3.05) is 5.32 Å². The molecule has 0 aliphatic carbocycles. The van der Waals surface area contributed by atoms with Crippen LogP contribution in [0.5, 0.6) is 0 Å². The molecule has 0 aliphatic heterocycles. The first-order chi connectivity index (χ1) is 15.8. The number of nitrogens with one attached hydrogen (secondary N) is 3. The molecule has 168 valence electrons. The third-order valence-corrected chi connectivity index (χ3v) is 4.96. The number of aromatic nitrogens is 3. The van der Waals surface area contributed by atoms with E-state index >= 15 is 0 Å². The van der Waals surface area contributed by atoms with Gasteiger partial charge in [-0.2, -0.15) is 5.10 Å². The number of oxazole rings is 1. The van der Waals surface area contributed by atoms with E-state index in [4.69, 9.17) is 8.83 Å². The fourth-order valence-electron chi connectivity index (χ4n) is 3.14. The standard InChI is InChI=1S/C23H21N5O5/c1-12(29)18-10-19(28-27-18)22(31)24-11-20-14(3)33-23(26-20)15-5-4-6-16(9-15)25-21(30)17-7-8-32-13(17)2/h4-10H,11H2,1-3H3,(H,24,31)(H,25,30)(H,27,28). The Hall–Kier alpha value is -4.47. The molecule has 0 unspecified atom stereocenters. The number of aromatic amines is 1. The number of ketones is 1. The molecule has 3 aromatic heterocycles. The molecule has 0 saturated heterocycles. The van der Waals surface area contributed by atoms with Gasteiger partial charge in [-0.1, -0.05) is 6.07 Å². The molecule has 0 radical (unpaired) electrons. The van der Waals surface area contributed by atoms with E-state index in [1.807, 2.05) is 0 Å². The van der Waals surface area contributed by atoms with Gasteiger partial charge in [0.25, 0.3) is 11.8 Å². The van der Waals surface area contributed by atoms with Crippen molar-refractivity contribution in [1.29, 1.82) is 0 Å². The van der Waals surface area contributed by atoms with Gasteiger partial charge in [0.15, 0.2) is 5.78 Å². The number of hydrogen-bond acceptors (Lipinski definition) is 7. The van der Waals surface area contributed by atoms with Crippen molar-refractivity contribution in [3.63, 3.8) is 0 Å². The highest BCUT2D eigenvalue weighted by atomic mass is 16.4. The van der Waals surface area contributed by atoms with Gasteiger partial charge in [0, 0.05) is 18.2 Å². The topological polar surface area (TPSA) is 143 Å². The van der Waals surface area contributed by atoms with Crippen molar-refractivity contribution in [3.05, 3.63) is 76.8 Å². The summed E-state index contributed by atoms with van der Waals surface area (Å²) in [5.74, 6) is 0.498. The largest absolute Gasteiger partial charge is 0.469 e. The van der Waals surface area contributed by atoms with Crippen LogP contribution in [0.4, 0.5) is 5.69 Å². The molecule has 3 N–H and O–H groups in total. The lowest BCUT2D eigenvalue weighted by Crippen LogP contribution is -2.23. The number of aryl methyl sites for hydroxylation is 2. The summed E-state index contributed by atoms with van der Waals surface area (Å²) in [6, 6.07) is 10.1. The minimum Gasteiger partial charge on any atom is -0.469 e. The third-order valence-electron chi connectivity index (χ3n) is 4.96. The van der Waals surface area contributed by atoms with Crippen LogP contribution in [0.1, 0.15) is 55.5 Å². The van der Waals surface area contributed by atoms with Gasteiger partial charge in [-0.25, -0.2) is 4.98 Å². The molecule has 0 aliphatic rings. The van der Waals surface area contributed by atoms with E-state index in [0.717, 1.165) is 0 Å². The Bertz CT molecular complexity index is 1350. The first kappa shape index (κ1) is 21.8. The highest BCUT2D eigenvalue weighted by Gasteiger charge is 2.16. The Kier molecular flexibility index (Phi) is 5.90. The van der Waals surface area contributed by atoms with Crippen molar-refractivity contribution in [3.8, 4) is 11.5 Å². The molecule has 0 bridgehead atoms. The second kappa shape index (κ2) is 8.95. The van der Waals surface area contributed by atoms with Crippen molar-refractivity contribution < 1.29 is 23.2 Å². The number of Topliss-reactive ketones (excluding diaryl/α,β-unsaturated/α-hetero) is 1. The van der Waals surface area contributed by atoms with Crippen molar-refractivity contribution in [2.24, 2.45) is 0 Å². The number of anilines is 1. The van der Waals surface area contributed by atoms with Crippen LogP contribution in [0.2, 0.25) is 0 Å². The average Bonchev–Trinajstić information content (AvgIpc) is 3.52. The molecule has 4 aromatic rings. The summed E-state index contributed by atoms with van der Waals surface area (Å²) >= 11 is 0. The minimum absolute atomic E-state index is 0.124. The van der Waals surface area contributed by atoms with E-state index in [2.05, 4.69) is 25.8 Å². The number of carbonyl (C=O) groups excluding carboxylic acids is 3.